The van der Waals surface area contributed by atoms with Crippen LogP contribution >= 0.6 is 11.3 Å². The number of aryl methyl sites for hydroxylation is 1. The fraction of sp³-hybridized carbons (Fsp3) is 0.312. The molecule has 0 aliphatic carbocycles. The third kappa shape index (κ3) is 3.20. The van der Waals surface area contributed by atoms with Crippen molar-refractivity contribution in [2.75, 3.05) is 7.05 Å². The van der Waals surface area contributed by atoms with Crippen molar-refractivity contribution in [3.63, 3.8) is 0 Å². The van der Waals surface area contributed by atoms with Crippen LogP contribution in [0.1, 0.15) is 27.7 Å². The van der Waals surface area contributed by atoms with Crippen LogP contribution in [0, 0.1) is 6.92 Å². The topological polar surface area (TPSA) is 40.5 Å². The van der Waals surface area contributed by atoms with Crippen LogP contribution in [0.25, 0.3) is 0 Å². The number of carbonyl (C=O) groups excluding carboxylic acids is 1. The number of aromatic hydroxyl groups is 1. The summed E-state index contributed by atoms with van der Waals surface area (Å²) in [6, 6.07) is 9.10. The fourth-order valence-corrected chi connectivity index (χ4v) is 2.96. The number of phenolic OH excluding ortho intramolecular Hbond substituents is 1. The van der Waals surface area contributed by atoms with E-state index in [2.05, 4.69) is 6.07 Å². The first-order valence-corrected chi connectivity index (χ1v) is 7.46. The molecule has 2 rings (SSSR count). The van der Waals surface area contributed by atoms with Gasteiger partial charge in [-0.15, -0.1) is 11.3 Å². The van der Waals surface area contributed by atoms with Crippen molar-refractivity contribution in [2.45, 2.75) is 26.3 Å². The summed E-state index contributed by atoms with van der Waals surface area (Å²) in [4.78, 5) is 15.5. The van der Waals surface area contributed by atoms with Crippen molar-refractivity contribution in [3.8, 4) is 5.75 Å². The largest absolute Gasteiger partial charge is 0.508 e. The van der Waals surface area contributed by atoms with Crippen molar-refractivity contribution in [1.82, 2.24) is 4.90 Å². The highest BCUT2D eigenvalue weighted by Crippen LogP contribution is 2.19. The summed E-state index contributed by atoms with van der Waals surface area (Å²) in [6.45, 7) is 3.89. The normalized spacial score (nSPS) is 12.2. The van der Waals surface area contributed by atoms with E-state index < -0.39 is 0 Å². The average molecular weight is 289 g/mol. The Hall–Kier alpha value is -1.81. The highest BCUT2D eigenvalue weighted by atomic mass is 32.1. The van der Waals surface area contributed by atoms with Crippen molar-refractivity contribution >= 4 is 17.2 Å². The Balaban J connectivity index is 2.11. The Kier molecular flexibility index (Phi) is 4.45. The molecular weight excluding hydrogens is 270 g/mol. The first kappa shape index (κ1) is 14.6. The van der Waals surface area contributed by atoms with Crippen LogP contribution in [-0.2, 0) is 6.42 Å². The number of amides is 1. The summed E-state index contributed by atoms with van der Waals surface area (Å²) >= 11 is 1.71. The Morgan fingerprint density at radius 3 is 2.75 bits per heavy atom. The summed E-state index contributed by atoms with van der Waals surface area (Å²) in [7, 11) is 1.83. The maximum Gasteiger partial charge on any atom is 0.254 e. The minimum atomic E-state index is -0.00782. The number of likely N-dealkylation sites (N-methyl/N-ethyl adjacent to an activating group) is 1. The second-order valence-electron chi connectivity index (χ2n) is 5.05. The van der Waals surface area contributed by atoms with E-state index in [1.165, 1.54) is 4.88 Å². The molecule has 0 radical (unpaired) electrons. The molecular formula is C16H19NO2S. The summed E-state index contributed by atoms with van der Waals surface area (Å²) in [5.74, 6) is 0.180. The van der Waals surface area contributed by atoms with Crippen LogP contribution in [0.15, 0.2) is 35.7 Å². The molecule has 0 bridgehead atoms. The molecule has 1 unspecified atom stereocenters. The van der Waals surface area contributed by atoms with Gasteiger partial charge >= 0.3 is 0 Å². The Morgan fingerprint density at radius 1 is 1.40 bits per heavy atom. The monoisotopic (exact) mass is 289 g/mol. The number of phenols is 1. The molecule has 2 aromatic rings. The second kappa shape index (κ2) is 6.09. The number of hydrogen-bond acceptors (Lipinski definition) is 3. The van der Waals surface area contributed by atoms with Gasteiger partial charge in [-0.1, -0.05) is 6.07 Å². The molecule has 1 atom stereocenters. The van der Waals surface area contributed by atoms with Gasteiger partial charge < -0.3 is 10.0 Å². The average Bonchev–Trinajstić information content (AvgIpc) is 2.90. The number of benzene rings is 1. The smallest absolute Gasteiger partial charge is 0.254 e. The highest BCUT2D eigenvalue weighted by Gasteiger charge is 2.19. The number of rotatable bonds is 4. The van der Waals surface area contributed by atoms with Gasteiger partial charge in [0.2, 0.25) is 0 Å². The summed E-state index contributed by atoms with van der Waals surface area (Å²) < 4.78 is 0. The summed E-state index contributed by atoms with van der Waals surface area (Å²) in [5.41, 5.74) is 1.44. The number of nitrogens with zero attached hydrogens (tertiary/aromatic N) is 1. The third-order valence-electron chi connectivity index (χ3n) is 3.50. The molecule has 0 saturated heterocycles. The quantitative estimate of drug-likeness (QED) is 0.936. The second-order valence-corrected chi connectivity index (χ2v) is 6.08. The van der Waals surface area contributed by atoms with E-state index in [4.69, 9.17) is 0 Å². The molecule has 1 N–H and O–H groups in total. The van der Waals surface area contributed by atoms with Crippen molar-refractivity contribution in [1.29, 1.82) is 0 Å². The molecule has 106 valence electrons. The third-order valence-corrected chi connectivity index (χ3v) is 4.40. The Bertz CT molecular complexity index is 593. The van der Waals surface area contributed by atoms with E-state index >= 15 is 0 Å². The van der Waals surface area contributed by atoms with E-state index in [0.29, 0.717) is 5.56 Å². The minimum Gasteiger partial charge on any atom is -0.508 e. The van der Waals surface area contributed by atoms with Crippen molar-refractivity contribution in [2.24, 2.45) is 0 Å². The molecule has 0 spiro atoms. The predicted octanol–water partition coefficient (Wildman–Crippen LogP) is 3.47. The first-order chi connectivity index (χ1) is 9.49. The molecule has 0 saturated carbocycles. The van der Waals surface area contributed by atoms with Gasteiger partial charge in [-0.05, 0) is 49.1 Å². The Labute approximate surface area is 123 Å². The predicted molar refractivity (Wildman–Crippen MR) is 82.4 cm³/mol. The molecule has 4 heteroatoms. The lowest BCUT2D eigenvalue weighted by Crippen LogP contribution is -2.36. The molecule has 0 aliphatic rings. The van der Waals surface area contributed by atoms with E-state index in [1.807, 2.05) is 32.3 Å². The first-order valence-electron chi connectivity index (χ1n) is 6.58. The summed E-state index contributed by atoms with van der Waals surface area (Å²) in [6.07, 6.45) is 0.858. The van der Waals surface area contributed by atoms with Crippen LogP contribution in [0.2, 0.25) is 0 Å². The van der Waals surface area contributed by atoms with E-state index in [0.717, 1.165) is 12.0 Å². The minimum absolute atomic E-state index is 0.00782. The van der Waals surface area contributed by atoms with Gasteiger partial charge in [-0.25, -0.2) is 0 Å². The van der Waals surface area contributed by atoms with Crippen LogP contribution in [-0.4, -0.2) is 29.0 Å². The maximum atomic E-state index is 12.5. The van der Waals surface area contributed by atoms with Gasteiger partial charge in [0.15, 0.2) is 0 Å². The van der Waals surface area contributed by atoms with E-state index in [9.17, 15) is 9.90 Å². The van der Waals surface area contributed by atoms with Gasteiger partial charge in [-0.3, -0.25) is 4.79 Å². The summed E-state index contributed by atoms with van der Waals surface area (Å²) in [5, 5.41) is 11.5. The van der Waals surface area contributed by atoms with Crippen molar-refractivity contribution in [3.05, 3.63) is 51.7 Å². The molecule has 1 heterocycles. The fourth-order valence-electron chi connectivity index (χ4n) is 2.13. The molecule has 20 heavy (non-hydrogen) atoms. The Morgan fingerprint density at radius 2 is 2.15 bits per heavy atom. The molecule has 1 aromatic carbocycles. The number of thiophene rings is 1. The van der Waals surface area contributed by atoms with E-state index in [1.54, 1.807) is 34.4 Å². The van der Waals surface area contributed by atoms with Gasteiger partial charge in [0.05, 0.1) is 0 Å². The SMILES string of the molecule is Cc1cc(O)ccc1C(=O)N(C)C(C)Cc1cccs1. The van der Waals surface area contributed by atoms with Crippen LogP contribution in [0.5, 0.6) is 5.75 Å². The molecule has 1 amide bonds. The lowest BCUT2D eigenvalue weighted by atomic mass is 10.1. The van der Waals surface area contributed by atoms with Gasteiger partial charge in [0.1, 0.15) is 5.75 Å². The van der Waals surface area contributed by atoms with Crippen molar-refractivity contribution < 1.29 is 9.90 Å². The molecule has 1 aromatic heterocycles. The van der Waals surface area contributed by atoms with Crippen LogP contribution in [0.4, 0.5) is 0 Å². The maximum absolute atomic E-state index is 12.5. The van der Waals surface area contributed by atoms with Crippen LogP contribution < -0.4 is 0 Å². The zero-order chi connectivity index (χ0) is 14.7. The molecule has 0 aliphatic heterocycles. The molecule has 3 nitrogen and oxygen atoms in total. The molecule has 0 fully saturated rings. The lowest BCUT2D eigenvalue weighted by Gasteiger charge is -2.25. The van der Waals surface area contributed by atoms with Gasteiger partial charge in [0, 0.05) is 30.0 Å². The van der Waals surface area contributed by atoms with Crippen LogP contribution in [0.3, 0.4) is 0 Å². The van der Waals surface area contributed by atoms with E-state index in [-0.39, 0.29) is 17.7 Å². The lowest BCUT2D eigenvalue weighted by molar-refractivity contribution is 0.0743. The number of carbonyl (C=O) groups is 1. The highest BCUT2D eigenvalue weighted by molar-refractivity contribution is 7.09. The van der Waals surface area contributed by atoms with Gasteiger partial charge in [0.25, 0.3) is 5.91 Å². The zero-order valence-electron chi connectivity index (χ0n) is 12.0. The zero-order valence-corrected chi connectivity index (χ0v) is 12.8. The van der Waals surface area contributed by atoms with Gasteiger partial charge in [-0.2, -0.15) is 0 Å². The number of hydrogen-bond donors (Lipinski definition) is 1. The standard InChI is InChI=1S/C16H19NO2S/c1-11-9-13(18)6-7-15(11)16(19)17(3)12(2)10-14-5-4-8-20-14/h4-9,12,18H,10H2,1-3H3.